The first-order valence-corrected chi connectivity index (χ1v) is 8.88. The molecule has 1 heterocycles. The van der Waals surface area contributed by atoms with Gasteiger partial charge >= 0.3 is 0 Å². The van der Waals surface area contributed by atoms with Gasteiger partial charge < -0.3 is 15.4 Å². The van der Waals surface area contributed by atoms with Crippen molar-refractivity contribution in [3.8, 4) is 5.75 Å². The van der Waals surface area contributed by atoms with Crippen LogP contribution in [0.15, 0.2) is 29.3 Å². The molecule has 0 aliphatic carbocycles. The standard InChI is InChI=1S/C17H27N3OS/c1-14-7-4-5-8-15(14)21-11-10-19-16(18-3)20-13-17(2)9-6-12-22-17/h4-5,7-8H,6,9-13H2,1-3H3,(H2,18,19,20). The molecule has 0 radical (unpaired) electrons. The first-order valence-electron chi connectivity index (χ1n) is 7.90. The number of guanidine groups is 1. The molecule has 1 saturated heterocycles. The Hall–Kier alpha value is -1.36. The highest BCUT2D eigenvalue weighted by Gasteiger charge is 2.29. The van der Waals surface area contributed by atoms with Gasteiger partial charge in [-0.2, -0.15) is 11.8 Å². The highest BCUT2D eigenvalue weighted by Crippen LogP contribution is 2.36. The number of aliphatic imine (C=N–C) groups is 1. The van der Waals surface area contributed by atoms with E-state index in [9.17, 15) is 0 Å². The summed E-state index contributed by atoms with van der Waals surface area (Å²) in [6.07, 6.45) is 2.59. The zero-order valence-electron chi connectivity index (χ0n) is 13.8. The number of aryl methyl sites for hydroxylation is 1. The fourth-order valence-electron chi connectivity index (χ4n) is 2.52. The van der Waals surface area contributed by atoms with E-state index in [4.69, 9.17) is 4.74 Å². The van der Waals surface area contributed by atoms with Crippen LogP contribution in [0.25, 0.3) is 0 Å². The van der Waals surface area contributed by atoms with E-state index in [1.165, 1.54) is 18.6 Å². The van der Waals surface area contributed by atoms with Gasteiger partial charge in [-0.25, -0.2) is 0 Å². The fourth-order valence-corrected chi connectivity index (χ4v) is 3.76. The quantitative estimate of drug-likeness (QED) is 0.480. The zero-order chi connectivity index (χ0) is 15.8. The van der Waals surface area contributed by atoms with Crippen LogP contribution < -0.4 is 15.4 Å². The van der Waals surface area contributed by atoms with E-state index in [0.29, 0.717) is 11.4 Å². The van der Waals surface area contributed by atoms with Crippen LogP contribution in [0.1, 0.15) is 25.3 Å². The zero-order valence-corrected chi connectivity index (χ0v) is 14.6. The van der Waals surface area contributed by atoms with Crippen molar-refractivity contribution in [3.05, 3.63) is 29.8 Å². The Kier molecular flexibility index (Phi) is 6.43. The molecule has 1 fully saturated rings. The van der Waals surface area contributed by atoms with Gasteiger partial charge in [0.1, 0.15) is 12.4 Å². The van der Waals surface area contributed by atoms with E-state index in [1.54, 1.807) is 0 Å². The number of ether oxygens (including phenoxy) is 1. The van der Waals surface area contributed by atoms with Gasteiger partial charge in [-0.3, -0.25) is 4.99 Å². The number of rotatable bonds is 6. The molecule has 0 saturated carbocycles. The Morgan fingerprint density at radius 3 is 2.86 bits per heavy atom. The van der Waals surface area contributed by atoms with E-state index < -0.39 is 0 Å². The molecule has 2 N–H and O–H groups in total. The van der Waals surface area contributed by atoms with E-state index in [0.717, 1.165) is 30.4 Å². The largest absolute Gasteiger partial charge is 0.491 e. The van der Waals surface area contributed by atoms with Gasteiger partial charge in [0.05, 0.1) is 6.54 Å². The lowest BCUT2D eigenvalue weighted by Gasteiger charge is -2.24. The average Bonchev–Trinajstić information content (AvgIpc) is 2.95. The third-order valence-corrected chi connectivity index (χ3v) is 5.44. The minimum atomic E-state index is 0.343. The SMILES string of the molecule is CN=C(NCCOc1ccccc1C)NCC1(C)CCCS1. The second kappa shape index (κ2) is 8.32. The van der Waals surface area contributed by atoms with Crippen molar-refractivity contribution in [2.45, 2.75) is 31.4 Å². The molecule has 5 heteroatoms. The fraction of sp³-hybridized carbons (Fsp3) is 0.588. The second-order valence-corrected chi connectivity index (χ2v) is 7.55. The van der Waals surface area contributed by atoms with Crippen molar-refractivity contribution in [2.24, 2.45) is 4.99 Å². The predicted molar refractivity (Wildman–Crippen MR) is 96.1 cm³/mol. The third-order valence-electron chi connectivity index (χ3n) is 3.90. The van der Waals surface area contributed by atoms with Crippen molar-refractivity contribution in [2.75, 3.05) is 32.5 Å². The highest BCUT2D eigenvalue weighted by molar-refractivity contribution is 8.00. The maximum absolute atomic E-state index is 5.78. The van der Waals surface area contributed by atoms with Gasteiger partial charge in [-0.15, -0.1) is 0 Å². The number of hydrogen-bond acceptors (Lipinski definition) is 3. The van der Waals surface area contributed by atoms with E-state index in [1.807, 2.05) is 25.2 Å². The Morgan fingerprint density at radius 1 is 1.36 bits per heavy atom. The summed E-state index contributed by atoms with van der Waals surface area (Å²) in [5.74, 6) is 3.07. The summed E-state index contributed by atoms with van der Waals surface area (Å²) in [4.78, 5) is 4.27. The minimum absolute atomic E-state index is 0.343. The topological polar surface area (TPSA) is 45.7 Å². The molecule has 1 aromatic rings. The number of thioether (sulfide) groups is 1. The smallest absolute Gasteiger partial charge is 0.191 e. The van der Waals surface area contributed by atoms with Crippen LogP contribution in [-0.2, 0) is 0 Å². The summed E-state index contributed by atoms with van der Waals surface area (Å²) in [5, 5.41) is 6.73. The van der Waals surface area contributed by atoms with Crippen molar-refractivity contribution >= 4 is 17.7 Å². The van der Waals surface area contributed by atoms with Crippen LogP contribution in [-0.4, -0.2) is 43.2 Å². The molecular weight excluding hydrogens is 294 g/mol. The summed E-state index contributed by atoms with van der Waals surface area (Å²) >= 11 is 2.05. The molecule has 0 amide bonds. The van der Waals surface area contributed by atoms with Crippen LogP contribution in [0.5, 0.6) is 5.75 Å². The summed E-state index contributed by atoms with van der Waals surface area (Å²) in [6, 6.07) is 8.08. The Balaban J connectivity index is 1.67. The van der Waals surface area contributed by atoms with Crippen molar-refractivity contribution in [1.82, 2.24) is 10.6 Å². The van der Waals surface area contributed by atoms with Gasteiger partial charge in [0.25, 0.3) is 0 Å². The number of nitrogens with zero attached hydrogens (tertiary/aromatic N) is 1. The normalized spacial score (nSPS) is 21.7. The van der Waals surface area contributed by atoms with E-state index in [2.05, 4.69) is 47.3 Å². The first-order chi connectivity index (χ1) is 10.6. The molecule has 1 aromatic carbocycles. The average molecular weight is 321 g/mol. The minimum Gasteiger partial charge on any atom is -0.491 e. The van der Waals surface area contributed by atoms with Gasteiger partial charge in [0, 0.05) is 18.3 Å². The molecule has 122 valence electrons. The molecule has 0 spiro atoms. The van der Waals surface area contributed by atoms with Crippen molar-refractivity contribution in [1.29, 1.82) is 0 Å². The number of hydrogen-bond donors (Lipinski definition) is 2. The maximum atomic E-state index is 5.78. The summed E-state index contributed by atoms with van der Waals surface area (Å²) in [7, 11) is 1.81. The van der Waals surface area contributed by atoms with Crippen LogP contribution in [0.4, 0.5) is 0 Å². The number of nitrogens with one attached hydrogen (secondary N) is 2. The molecule has 1 unspecified atom stereocenters. The number of benzene rings is 1. The molecule has 22 heavy (non-hydrogen) atoms. The van der Waals surface area contributed by atoms with Crippen LogP contribution in [0.3, 0.4) is 0 Å². The lowest BCUT2D eigenvalue weighted by Crippen LogP contribution is -2.44. The predicted octanol–water partition coefficient (Wildman–Crippen LogP) is 2.82. The Bertz CT molecular complexity index is 498. The van der Waals surface area contributed by atoms with Crippen LogP contribution in [0, 0.1) is 6.92 Å². The van der Waals surface area contributed by atoms with Gasteiger partial charge in [-0.1, -0.05) is 18.2 Å². The summed E-state index contributed by atoms with van der Waals surface area (Å²) in [6.45, 7) is 6.70. The first kappa shape index (κ1) is 17.0. The Morgan fingerprint density at radius 2 is 2.18 bits per heavy atom. The molecule has 4 nitrogen and oxygen atoms in total. The number of para-hydroxylation sites is 1. The van der Waals surface area contributed by atoms with Crippen LogP contribution in [0.2, 0.25) is 0 Å². The third kappa shape index (κ3) is 5.13. The van der Waals surface area contributed by atoms with Gasteiger partial charge in [-0.05, 0) is 44.1 Å². The summed E-state index contributed by atoms with van der Waals surface area (Å²) < 4.78 is 6.12. The molecule has 0 aromatic heterocycles. The highest BCUT2D eigenvalue weighted by atomic mass is 32.2. The Labute approximate surface area is 138 Å². The van der Waals surface area contributed by atoms with Gasteiger partial charge in [0.15, 0.2) is 5.96 Å². The van der Waals surface area contributed by atoms with E-state index >= 15 is 0 Å². The van der Waals surface area contributed by atoms with E-state index in [-0.39, 0.29) is 0 Å². The monoisotopic (exact) mass is 321 g/mol. The molecule has 1 aliphatic rings. The summed E-state index contributed by atoms with van der Waals surface area (Å²) in [5.41, 5.74) is 1.16. The molecule has 0 bridgehead atoms. The molecular formula is C17H27N3OS. The second-order valence-electron chi connectivity index (χ2n) is 5.87. The van der Waals surface area contributed by atoms with Crippen LogP contribution >= 0.6 is 11.8 Å². The maximum Gasteiger partial charge on any atom is 0.191 e. The molecule has 2 rings (SSSR count). The van der Waals surface area contributed by atoms with Crippen molar-refractivity contribution in [3.63, 3.8) is 0 Å². The lowest BCUT2D eigenvalue weighted by molar-refractivity contribution is 0.319. The van der Waals surface area contributed by atoms with Gasteiger partial charge in [0.2, 0.25) is 0 Å². The lowest BCUT2D eigenvalue weighted by atomic mass is 10.1. The van der Waals surface area contributed by atoms with Crippen molar-refractivity contribution < 1.29 is 4.74 Å². The molecule has 1 atom stereocenters. The molecule has 1 aliphatic heterocycles.